The first-order valence-corrected chi connectivity index (χ1v) is 8.82. The number of hydrogen-bond acceptors (Lipinski definition) is 3. The molecule has 1 aliphatic heterocycles. The van der Waals surface area contributed by atoms with Crippen molar-refractivity contribution in [2.45, 2.75) is 51.1 Å². The van der Waals surface area contributed by atoms with Gasteiger partial charge in [0.2, 0.25) is 10.0 Å². The lowest BCUT2D eigenvalue weighted by atomic mass is 10.3. The average Bonchev–Trinajstić information content (AvgIpc) is 3.05. The first kappa shape index (κ1) is 15.5. The molecule has 2 rings (SSSR count). The summed E-state index contributed by atoms with van der Waals surface area (Å²) in [6, 6.07) is 2.07. The molecule has 0 unspecified atom stereocenters. The third-order valence-corrected chi connectivity index (χ3v) is 5.59. The number of nitrogens with one attached hydrogen (secondary N) is 1. The van der Waals surface area contributed by atoms with Crippen LogP contribution in [0.2, 0.25) is 0 Å². The molecule has 1 saturated heterocycles. The lowest BCUT2D eigenvalue weighted by Gasteiger charge is -2.14. The zero-order chi connectivity index (χ0) is 14.8. The summed E-state index contributed by atoms with van der Waals surface area (Å²) in [5, 5.41) is 3.26. The predicted octanol–water partition coefficient (Wildman–Crippen LogP) is 1.96. The van der Waals surface area contributed by atoms with Crippen LogP contribution in [-0.4, -0.2) is 36.9 Å². The van der Waals surface area contributed by atoms with Crippen LogP contribution in [0.15, 0.2) is 17.2 Å². The third-order valence-electron chi connectivity index (χ3n) is 3.72. The van der Waals surface area contributed by atoms with Crippen LogP contribution in [0.25, 0.3) is 0 Å². The summed E-state index contributed by atoms with van der Waals surface area (Å²) in [5.74, 6) is 0. The molecular weight excluding hydrogens is 274 g/mol. The Bertz CT molecular complexity index is 543. The lowest BCUT2D eigenvalue weighted by Crippen LogP contribution is -2.27. The Morgan fingerprint density at radius 2 is 1.95 bits per heavy atom. The van der Waals surface area contributed by atoms with Gasteiger partial charge in [-0.05, 0) is 39.3 Å². The van der Waals surface area contributed by atoms with Gasteiger partial charge in [0.25, 0.3) is 0 Å². The van der Waals surface area contributed by atoms with Crippen LogP contribution in [0.3, 0.4) is 0 Å². The van der Waals surface area contributed by atoms with E-state index in [0.29, 0.717) is 24.5 Å². The number of rotatable bonds is 6. The molecule has 1 aromatic heterocycles. The van der Waals surface area contributed by atoms with Gasteiger partial charge >= 0.3 is 0 Å². The summed E-state index contributed by atoms with van der Waals surface area (Å²) in [4.78, 5) is 0.431. The van der Waals surface area contributed by atoms with Crippen LogP contribution < -0.4 is 5.32 Å². The predicted molar refractivity (Wildman–Crippen MR) is 80.2 cm³/mol. The number of aromatic nitrogens is 1. The second-order valence-corrected chi connectivity index (χ2v) is 7.50. The van der Waals surface area contributed by atoms with Crippen LogP contribution in [0.1, 0.15) is 45.3 Å². The molecule has 0 amide bonds. The Labute approximate surface area is 122 Å². The van der Waals surface area contributed by atoms with E-state index in [9.17, 15) is 8.42 Å². The topological polar surface area (TPSA) is 54.3 Å². The molecule has 1 N–H and O–H groups in total. The minimum Gasteiger partial charge on any atom is -0.346 e. The van der Waals surface area contributed by atoms with Gasteiger partial charge in [0, 0.05) is 37.6 Å². The summed E-state index contributed by atoms with van der Waals surface area (Å²) < 4.78 is 28.8. The highest BCUT2D eigenvalue weighted by atomic mass is 32.2. The molecule has 1 fully saturated rings. The molecule has 0 saturated carbocycles. The maximum atomic E-state index is 12.6. The van der Waals surface area contributed by atoms with E-state index < -0.39 is 10.0 Å². The molecule has 0 radical (unpaired) electrons. The molecule has 2 heterocycles. The van der Waals surface area contributed by atoms with Gasteiger partial charge in [0.1, 0.15) is 4.90 Å². The molecule has 0 spiro atoms. The fourth-order valence-electron chi connectivity index (χ4n) is 2.59. The van der Waals surface area contributed by atoms with Crippen molar-refractivity contribution in [3.05, 3.63) is 18.0 Å². The molecule has 20 heavy (non-hydrogen) atoms. The summed E-state index contributed by atoms with van der Waals surface area (Å²) >= 11 is 0. The molecule has 0 bridgehead atoms. The molecular formula is C14H25N3O2S. The standard InChI is InChI=1S/C14H25N3O2S/c1-4-15-10-13-9-14(11-17(13)12(2)3)20(18,19)16-7-5-6-8-16/h9,11-12,15H,4-8,10H2,1-3H3. The zero-order valence-corrected chi connectivity index (χ0v) is 13.4. The number of sulfonamides is 1. The van der Waals surface area contributed by atoms with Crippen molar-refractivity contribution >= 4 is 10.0 Å². The second kappa shape index (κ2) is 6.28. The molecule has 6 heteroatoms. The van der Waals surface area contributed by atoms with Crippen molar-refractivity contribution in [1.29, 1.82) is 0 Å². The summed E-state index contributed by atoms with van der Waals surface area (Å²) in [5.41, 5.74) is 1.03. The van der Waals surface area contributed by atoms with E-state index in [-0.39, 0.29) is 6.04 Å². The van der Waals surface area contributed by atoms with E-state index in [2.05, 4.69) is 19.2 Å². The van der Waals surface area contributed by atoms with Gasteiger partial charge in [-0.25, -0.2) is 8.42 Å². The Morgan fingerprint density at radius 3 is 2.50 bits per heavy atom. The van der Waals surface area contributed by atoms with Crippen molar-refractivity contribution in [2.24, 2.45) is 0 Å². The van der Waals surface area contributed by atoms with E-state index in [4.69, 9.17) is 0 Å². The number of hydrogen-bond donors (Lipinski definition) is 1. The molecule has 1 aromatic rings. The monoisotopic (exact) mass is 299 g/mol. The van der Waals surface area contributed by atoms with Crippen molar-refractivity contribution < 1.29 is 8.42 Å². The van der Waals surface area contributed by atoms with Crippen LogP contribution >= 0.6 is 0 Å². The van der Waals surface area contributed by atoms with Crippen LogP contribution in [-0.2, 0) is 16.6 Å². The highest BCUT2D eigenvalue weighted by Crippen LogP contribution is 2.24. The highest BCUT2D eigenvalue weighted by Gasteiger charge is 2.29. The Morgan fingerprint density at radius 1 is 1.30 bits per heavy atom. The van der Waals surface area contributed by atoms with Crippen LogP contribution in [0.5, 0.6) is 0 Å². The first-order chi connectivity index (χ1) is 9.46. The SMILES string of the molecule is CCNCc1cc(S(=O)(=O)N2CCCC2)cn1C(C)C. The van der Waals surface area contributed by atoms with E-state index >= 15 is 0 Å². The smallest absolute Gasteiger partial charge is 0.244 e. The molecule has 0 atom stereocenters. The van der Waals surface area contributed by atoms with Gasteiger partial charge in [-0.3, -0.25) is 0 Å². The molecule has 114 valence electrons. The van der Waals surface area contributed by atoms with Gasteiger partial charge in [-0.2, -0.15) is 4.31 Å². The highest BCUT2D eigenvalue weighted by molar-refractivity contribution is 7.89. The normalized spacial score (nSPS) is 17.2. The number of nitrogens with zero attached hydrogens (tertiary/aromatic N) is 2. The second-order valence-electron chi connectivity index (χ2n) is 5.56. The van der Waals surface area contributed by atoms with Gasteiger partial charge in [0.15, 0.2) is 0 Å². The fraction of sp³-hybridized carbons (Fsp3) is 0.714. The fourth-order valence-corrected chi connectivity index (χ4v) is 4.16. The summed E-state index contributed by atoms with van der Waals surface area (Å²) in [7, 11) is -3.31. The van der Waals surface area contributed by atoms with Gasteiger partial charge in [0.05, 0.1) is 0 Å². The zero-order valence-electron chi connectivity index (χ0n) is 12.6. The van der Waals surface area contributed by atoms with Crippen molar-refractivity contribution in [2.75, 3.05) is 19.6 Å². The minimum atomic E-state index is -3.31. The van der Waals surface area contributed by atoms with Gasteiger partial charge in [-0.15, -0.1) is 0 Å². The lowest BCUT2D eigenvalue weighted by molar-refractivity contribution is 0.477. The molecule has 0 aromatic carbocycles. The van der Waals surface area contributed by atoms with Crippen molar-refractivity contribution in [3.63, 3.8) is 0 Å². The van der Waals surface area contributed by atoms with Crippen molar-refractivity contribution in [3.8, 4) is 0 Å². The summed E-state index contributed by atoms with van der Waals surface area (Å²) in [6.07, 6.45) is 3.72. The Kier molecular flexibility index (Phi) is 4.88. The molecule has 1 aliphatic rings. The average molecular weight is 299 g/mol. The quantitative estimate of drug-likeness (QED) is 0.873. The molecule has 5 nitrogen and oxygen atoms in total. The minimum absolute atomic E-state index is 0.256. The Hall–Kier alpha value is -0.850. The first-order valence-electron chi connectivity index (χ1n) is 7.38. The van der Waals surface area contributed by atoms with E-state index in [1.807, 2.05) is 17.6 Å². The maximum Gasteiger partial charge on any atom is 0.244 e. The maximum absolute atomic E-state index is 12.6. The van der Waals surface area contributed by atoms with Crippen LogP contribution in [0, 0.1) is 0 Å². The van der Waals surface area contributed by atoms with Gasteiger partial charge < -0.3 is 9.88 Å². The Balaban J connectivity index is 2.32. The van der Waals surface area contributed by atoms with Crippen LogP contribution in [0.4, 0.5) is 0 Å². The van der Waals surface area contributed by atoms with Gasteiger partial charge in [-0.1, -0.05) is 6.92 Å². The largest absolute Gasteiger partial charge is 0.346 e. The van der Waals surface area contributed by atoms with Crippen molar-refractivity contribution in [1.82, 2.24) is 14.2 Å². The van der Waals surface area contributed by atoms with E-state index in [1.165, 1.54) is 0 Å². The van der Waals surface area contributed by atoms with E-state index in [1.54, 1.807) is 10.5 Å². The summed E-state index contributed by atoms with van der Waals surface area (Å²) in [6.45, 7) is 9.06. The van der Waals surface area contributed by atoms with E-state index in [0.717, 1.165) is 25.1 Å². The molecule has 0 aliphatic carbocycles. The third kappa shape index (κ3) is 3.07.